The monoisotopic (exact) mass is 508 g/mol. The molecule has 5 rings (SSSR count). The zero-order chi connectivity index (χ0) is 26.0. The van der Waals surface area contributed by atoms with E-state index in [1.165, 1.54) is 23.3 Å². The second-order valence-electron chi connectivity index (χ2n) is 9.50. The predicted molar refractivity (Wildman–Crippen MR) is 133 cm³/mol. The van der Waals surface area contributed by atoms with Gasteiger partial charge in [0.1, 0.15) is 23.7 Å². The maximum Gasteiger partial charge on any atom is 0.416 e. The highest BCUT2D eigenvalue weighted by Gasteiger charge is 2.46. The second kappa shape index (κ2) is 10.0. The van der Waals surface area contributed by atoms with Crippen molar-refractivity contribution in [3.05, 3.63) is 82.8 Å². The van der Waals surface area contributed by atoms with Gasteiger partial charge in [-0.15, -0.1) is 0 Å². The smallest absolute Gasteiger partial charge is 0.416 e. The molecule has 1 aromatic heterocycles. The summed E-state index contributed by atoms with van der Waals surface area (Å²) >= 11 is 0. The number of aliphatic hydroxyl groups is 1. The number of aliphatic hydroxyl groups excluding tert-OH is 1. The lowest BCUT2D eigenvalue weighted by molar-refractivity contribution is -0.137. The molecule has 0 amide bonds. The van der Waals surface area contributed by atoms with E-state index < -0.39 is 11.7 Å². The average Bonchev–Trinajstić information content (AvgIpc) is 3.17. The van der Waals surface area contributed by atoms with Crippen molar-refractivity contribution in [1.29, 1.82) is 0 Å². The van der Waals surface area contributed by atoms with Crippen LogP contribution in [0.5, 0.6) is 5.75 Å². The quantitative estimate of drug-likeness (QED) is 0.513. The van der Waals surface area contributed by atoms with Crippen molar-refractivity contribution >= 4 is 5.82 Å². The third kappa shape index (κ3) is 5.13. The number of nitrogens with zero attached hydrogens (tertiary/aromatic N) is 3. The summed E-state index contributed by atoms with van der Waals surface area (Å²) < 4.78 is 43.4. The van der Waals surface area contributed by atoms with Gasteiger partial charge in [0.25, 0.3) is 0 Å². The minimum Gasteiger partial charge on any atom is -0.481 e. The Bertz CT molecular complexity index is 1320. The molecule has 1 spiro atoms. The van der Waals surface area contributed by atoms with Crippen molar-refractivity contribution in [3.8, 4) is 17.6 Å². The van der Waals surface area contributed by atoms with Gasteiger partial charge in [0.15, 0.2) is 5.82 Å². The summed E-state index contributed by atoms with van der Waals surface area (Å²) in [5.41, 5.74) is 9.40. The highest BCUT2D eigenvalue weighted by Crippen LogP contribution is 2.51. The molecule has 1 aliphatic carbocycles. The maximum absolute atomic E-state index is 12.7. The van der Waals surface area contributed by atoms with E-state index in [2.05, 4.69) is 44.9 Å². The standard InChI is InChI=1S/C28H27F3N4O2/c29-28(30,31)20-7-9-22(10-8-20)37-15-3-5-21-17-33-26(24(18-36)34-21)35-13-11-27(12-14-35)16-19-4-1-2-6-23(19)25(27)32/h1-2,4,6-10,17,25,36H,11-16,18,32H2. The molecule has 2 heterocycles. The Balaban J connectivity index is 1.20. The fraction of sp³-hybridized carbons (Fsp3) is 0.357. The molecule has 3 N–H and O–H groups in total. The van der Waals surface area contributed by atoms with E-state index in [0.717, 1.165) is 44.5 Å². The highest BCUT2D eigenvalue weighted by molar-refractivity contribution is 5.47. The minimum atomic E-state index is -4.39. The third-order valence-electron chi connectivity index (χ3n) is 7.33. The van der Waals surface area contributed by atoms with Crippen LogP contribution in [0.15, 0.2) is 54.7 Å². The number of aromatic nitrogens is 2. The molecule has 9 heteroatoms. The molecule has 1 unspecified atom stereocenters. The number of fused-ring (bicyclic) bond motifs is 1. The summed E-state index contributed by atoms with van der Waals surface area (Å²) in [6.07, 6.45) is 0.00974. The molecule has 2 aliphatic rings. The Morgan fingerprint density at radius 2 is 1.84 bits per heavy atom. The molecule has 37 heavy (non-hydrogen) atoms. The molecule has 3 aromatic rings. The van der Waals surface area contributed by atoms with Crippen molar-refractivity contribution in [3.63, 3.8) is 0 Å². The van der Waals surface area contributed by atoms with Crippen molar-refractivity contribution in [2.75, 3.05) is 24.6 Å². The highest BCUT2D eigenvalue weighted by atomic mass is 19.4. The van der Waals surface area contributed by atoms with Crippen LogP contribution in [0.4, 0.5) is 19.0 Å². The Labute approximate surface area is 213 Å². The molecule has 2 aromatic carbocycles. The maximum atomic E-state index is 12.7. The molecule has 6 nitrogen and oxygen atoms in total. The van der Waals surface area contributed by atoms with Gasteiger partial charge in [0, 0.05) is 19.1 Å². The van der Waals surface area contributed by atoms with Gasteiger partial charge < -0.3 is 20.5 Å². The first kappa shape index (κ1) is 25.1. The number of rotatable bonds is 4. The van der Waals surface area contributed by atoms with Crippen LogP contribution in [0.25, 0.3) is 0 Å². The van der Waals surface area contributed by atoms with Gasteiger partial charge in [-0.25, -0.2) is 9.97 Å². The van der Waals surface area contributed by atoms with E-state index in [4.69, 9.17) is 10.5 Å². The Hall–Kier alpha value is -3.61. The number of hydrogen-bond acceptors (Lipinski definition) is 6. The van der Waals surface area contributed by atoms with Crippen molar-refractivity contribution in [1.82, 2.24) is 9.97 Å². The van der Waals surface area contributed by atoms with Gasteiger partial charge in [0.05, 0.1) is 18.4 Å². The summed E-state index contributed by atoms with van der Waals surface area (Å²) in [5.74, 6) is 6.55. The van der Waals surface area contributed by atoms with Gasteiger partial charge in [-0.05, 0) is 66.0 Å². The first-order valence-electron chi connectivity index (χ1n) is 12.1. The molecule has 1 fully saturated rings. The first-order chi connectivity index (χ1) is 17.8. The summed E-state index contributed by atoms with van der Waals surface area (Å²) in [6, 6.07) is 12.9. The van der Waals surface area contributed by atoms with E-state index in [9.17, 15) is 18.3 Å². The van der Waals surface area contributed by atoms with Crippen molar-refractivity contribution in [2.45, 2.75) is 38.1 Å². The fourth-order valence-electron chi connectivity index (χ4n) is 5.31. The van der Waals surface area contributed by atoms with E-state index >= 15 is 0 Å². The van der Waals surface area contributed by atoms with Gasteiger partial charge in [0.2, 0.25) is 0 Å². The Morgan fingerprint density at radius 1 is 1.11 bits per heavy atom. The number of anilines is 1. The van der Waals surface area contributed by atoms with E-state index in [1.807, 2.05) is 6.07 Å². The SMILES string of the molecule is NC1c2ccccc2CC12CCN(c1ncc(C#CCOc3ccc(C(F)(F)F)cc3)nc1CO)CC2. The van der Waals surface area contributed by atoms with Crippen LogP contribution >= 0.6 is 0 Å². The zero-order valence-electron chi connectivity index (χ0n) is 20.1. The van der Waals surface area contributed by atoms with Gasteiger partial charge >= 0.3 is 6.18 Å². The van der Waals surface area contributed by atoms with Crippen LogP contribution < -0.4 is 15.4 Å². The molecule has 0 bridgehead atoms. The van der Waals surface area contributed by atoms with Crippen LogP contribution in [-0.2, 0) is 19.2 Å². The number of nitrogens with two attached hydrogens (primary N) is 1. The largest absolute Gasteiger partial charge is 0.481 e. The van der Waals surface area contributed by atoms with Crippen LogP contribution in [0.2, 0.25) is 0 Å². The topological polar surface area (TPSA) is 84.5 Å². The Morgan fingerprint density at radius 3 is 2.51 bits per heavy atom. The molecule has 192 valence electrons. The van der Waals surface area contributed by atoms with Crippen molar-refractivity contribution in [2.24, 2.45) is 11.1 Å². The van der Waals surface area contributed by atoms with E-state index in [1.54, 1.807) is 6.20 Å². The lowest BCUT2D eigenvalue weighted by atomic mass is 9.73. The van der Waals surface area contributed by atoms with Crippen LogP contribution in [-0.4, -0.2) is 34.8 Å². The normalized spacial score (nSPS) is 18.3. The average molecular weight is 509 g/mol. The van der Waals surface area contributed by atoms with Gasteiger partial charge in [-0.1, -0.05) is 30.2 Å². The molecule has 1 atom stereocenters. The molecular formula is C28H27F3N4O2. The number of alkyl halides is 3. The number of ether oxygens (including phenoxy) is 1. The van der Waals surface area contributed by atoms with Gasteiger partial charge in [-0.2, -0.15) is 13.2 Å². The number of hydrogen-bond donors (Lipinski definition) is 2. The summed E-state index contributed by atoms with van der Waals surface area (Å²) in [7, 11) is 0. The van der Waals surface area contributed by atoms with Crippen LogP contribution in [0.1, 0.15) is 47.0 Å². The van der Waals surface area contributed by atoms with Gasteiger partial charge in [-0.3, -0.25) is 0 Å². The number of halogens is 3. The zero-order valence-corrected chi connectivity index (χ0v) is 20.1. The summed E-state index contributed by atoms with van der Waals surface area (Å²) in [4.78, 5) is 11.1. The minimum absolute atomic E-state index is 0.0247. The molecule has 1 aliphatic heterocycles. The molecule has 0 saturated carbocycles. The Kier molecular flexibility index (Phi) is 6.80. The lowest BCUT2D eigenvalue weighted by Crippen LogP contribution is -2.45. The second-order valence-corrected chi connectivity index (χ2v) is 9.50. The number of benzene rings is 2. The molecule has 0 radical (unpaired) electrons. The molecular weight excluding hydrogens is 481 g/mol. The van der Waals surface area contributed by atoms with Crippen molar-refractivity contribution < 1.29 is 23.0 Å². The van der Waals surface area contributed by atoms with Crippen LogP contribution in [0, 0.1) is 17.3 Å². The van der Waals surface area contributed by atoms with E-state index in [-0.39, 0.29) is 30.4 Å². The van der Waals surface area contributed by atoms with Crippen LogP contribution in [0.3, 0.4) is 0 Å². The fourth-order valence-corrected chi connectivity index (χ4v) is 5.31. The molecule has 1 saturated heterocycles. The van der Waals surface area contributed by atoms with E-state index in [0.29, 0.717) is 17.2 Å². The first-order valence-corrected chi connectivity index (χ1v) is 12.1. The number of piperidine rings is 1. The third-order valence-corrected chi connectivity index (χ3v) is 7.33. The summed E-state index contributed by atoms with van der Waals surface area (Å²) in [6.45, 7) is 1.25. The predicted octanol–water partition coefficient (Wildman–Crippen LogP) is 4.26. The lowest BCUT2D eigenvalue weighted by Gasteiger charge is -2.42. The summed E-state index contributed by atoms with van der Waals surface area (Å²) in [5, 5.41) is 9.94.